The molecular weight excluding hydrogens is 86.0 g/mol. The minimum atomic E-state index is 0. The summed E-state index contributed by atoms with van der Waals surface area (Å²) in [7, 11) is 0. The molecule has 2 atom stereocenters. The first-order chi connectivity index (χ1) is 0. The van der Waals surface area contributed by atoms with Gasteiger partial charge in [-0.3, -0.25) is 0 Å². The van der Waals surface area contributed by atoms with Crippen LogP contribution in [-0.4, -0.2) is 0 Å². The molecule has 0 radical (unpaired) electrons. The fourth-order valence-corrected chi connectivity index (χ4v) is 0. The van der Waals surface area contributed by atoms with Gasteiger partial charge in [0.1, 0.15) is 0 Å². The molecule has 0 nitrogen and oxygen atoms in total. The van der Waals surface area contributed by atoms with Gasteiger partial charge in [-0.1, -0.05) is 14.9 Å². The van der Waals surface area contributed by atoms with E-state index in [-0.39, 0.29) is 34.7 Å². The van der Waals surface area contributed by atoms with Crippen LogP contribution in [-0.2, 0) is 0 Å². The lowest BCUT2D eigenvalue weighted by Crippen LogP contribution is 0.143. The van der Waals surface area contributed by atoms with Crippen molar-refractivity contribution in [1.29, 1.82) is 0 Å². The zero-order chi connectivity index (χ0) is 0. The summed E-state index contributed by atoms with van der Waals surface area (Å²) in [5, 5.41) is 0. The molecule has 0 fully saturated rings. The molecular formula is C2H14P2. The Morgan fingerprint density at radius 2 is 0.500 bits per heavy atom. The molecule has 0 aliphatic carbocycles. The van der Waals surface area contributed by atoms with Gasteiger partial charge >= 0.3 is 0 Å². The maximum Gasteiger partial charge on any atom is -0.0776 e. The van der Waals surface area contributed by atoms with Crippen LogP contribution in [0.4, 0.5) is 0 Å². The molecule has 0 aromatic carbocycles. The highest BCUT2D eigenvalue weighted by atomic mass is 31.0. The lowest BCUT2D eigenvalue weighted by molar-refractivity contribution is 2.50. The molecule has 0 aromatic rings. The molecule has 0 aliphatic heterocycles. The van der Waals surface area contributed by atoms with Gasteiger partial charge in [0.05, 0.1) is 0 Å². The van der Waals surface area contributed by atoms with Crippen molar-refractivity contribution >= 4 is 19.8 Å². The summed E-state index contributed by atoms with van der Waals surface area (Å²) < 4.78 is 0. The normalized spacial score (nSPS) is 0. The third kappa shape index (κ3) is 13.4. The molecule has 4 heavy (non-hydrogen) atoms. The van der Waals surface area contributed by atoms with Crippen LogP contribution in [0.5, 0.6) is 0 Å². The lowest BCUT2D eigenvalue weighted by atomic mass is 12.0. The maximum atomic E-state index is 0. The van der Waals surface area contributed by atoms with E-state index in [2.05, 4.69) is 0 Å². The maximum absolute atomic E-state index is 0. The van der Waals surface area contributed by atoms with Gasteiger partial charge < -0.3 is 0 Å². The average molecular weight is 100 g/mol. The van der Waals surface area contributed by atoms with Crippen LogP contribution in [0.3, 0.4) is 0 Å². The fraction of sp³-hybridized carbons (Fsp3) is 1.00. The average Bonchev–Trinajstić information content (AvgIpc) is 0. The molecule has 0 aromatic heterocycles. The summed E-state index contributed by atoms with van der Waals surface area (Å²) in [6, 6.07) is 0. The Morgan fingerprint density at radius 3 is 0.500 bits per heavy atom. The van der Waals surface area contributed by atoms with Crippen molar-refractivity contribution in [3.8, 4) is 0 Å². The van der Waals surface area contributed by atoms with Crippen molar-refractivity contribution in [3.05, 3.63) is 0 Å². The van der Waals surface area contributed by atoms with Gasteiger partial charge in [-0.05, 0) is 0 Å². The summed E-state index contributed by atoms with van der Waals surface area (Å²) in [5.41, 5.74) is 0. The van der Waals surface area contributed by atoms with Crippen LogP contribution < -0.4 is 0 Å². The molecule has 2 heteroatoms. The molecule has 32 valence electrons. The van der Waals surface area contributed by atoms with Gasteiger partial charge in [-0.25, -0.2) is 0 Å². The van der Waals surface area contributed by atoms with E-state index in [0.29, 0.717) is 0 Å². The van der Waals surface area contributed by atoms with Crippen LogP contribution in [0.1, 0.15) is 14.9 Å². The number of hydrogen-bond donors (Lipinski definition) is 0. The molecule has 0 aliphatic rings. The van der Waals surface area contributed by atoms with Gasteiger partial charge in [0.2, 0.25) is 0 Å². The van der Waals surface area contributed by atoms with E-state index in [1.807, 2.05) is 0 Å². The highest BCUT2D eigenvalue weighted by Gasteiger charge is -0.0765. The first-order valence-corrected chi connectivity index (χ1v) is 0. The first-order valence-electron chi connectivity index (χ1n) is 0. The SMILES string of the molecule is C.C.P.P. The molecule has 2 unspecified atom stereocenters. The van der Waals surface area contributed by atoms with Crippen molar-refractivity contribution < 1.29 is 0 Å². The highest BCUT2D eigenvalue weighted by molar-refractivity contribution is 6.92. The molecule has 0 spiro atoms. The van der Waals surface area contributed by atoms with E-state index < -0.39 is 0 Å². The van der Waals surface area contributed by atoms with Crippen LogP contribution in [0.2, 0.25) is 0 Å². The number of hydrogen-bond acceptors (Lipinski definition) is 0. The third-order valence-electron chi connectivity index (χ3n) is 0. The summed E-state index contributed by atoms with van der Waals surface area (Å²) in [6.45, 7) is 0. The van der Waals surface area contributed by atoms with Gasteiger partial charge in [0.15, 0.2) is 0 Å². The Hall–Kier alpha value is 0.860. The third-order valence-corrected chi connectivity index (χ3v) is 0. The Balaban J connectivity index is 0. The predicted molar refractivity (Wildman–Crippen MR) is 35.7 cm³/mol. The molecule has 0 rings (SSSR count). The molecule has 0 N–H and O–H groups in total. The second-order valence-electron chi connectivity index (χ2n) is 0. The van der Waals surface area contributed by atoms with Crippen molar-refractivity contribution in [2.75, 3.05) is 0 Å². The minimum absolute atomic E-state index is 0. The zero-order valence-electron chi connectivity index (χ0n) is 1.41. The first kappa shape index (κ1) is 97.9. The molecule has 0 saturated carbocycles. The Bertz CT molecular complexity index is 4.00. The second-order valence-corrected chi connectivity index (χ2v) is 0. The van der Waals surface area contributed by atoms with Crippen molar-refractivity contribution in [2.45, 2.75) is 14.9 Å². The van der Waals surface area contributed by atoms with Crippen molar-refractivity contribution in [1.82, 2.24) is 0 Å². The Labute approximate surface area is 35.6 Å². The predicted octanol–water partition coefficient (Wildman–Crippen LogP) is 1.39. The molecule has 0 saturated heterocycles. The highest BCUT2D eigenvalue weighted by Crippen LogP contribution is 0.862. The van der Waals surface area contributed by atoms with E-state index in [1.165, 1.54) is 0 Å². The van der Waals surface area contributed by atoms with Gasteiger partial charge in [-0.2, -0.15) is 19.8 Å². The largest absolute Gasteiger partial charge is 0.153 e. The van der Waals surface area contributed by atoms with E-state index in [1.54, 1.807) is 0 Å². The van der Waals surface area contributed by atoms with Crippen LogP contribution in [0, 0.1) is 0 Å². The molecule has 0 heterocycles. The fourth-order valence-electron chi connectivity index (χ4n) is 0. The smallest absolute Gasteiger partial charge is 0.0776 e. The molecule has 0 amide bonds. The Morgan fingerprint density at radius 1 is 0.500 bits per heavy atom. The quantitative estimate of drug-likeness (QED) is 0.403. The minimum Gasteiger partial charge on any atom is -0.153 e. The lowest BCUT2D eigenvalue weighted by Gasteiger charge is -0.154. The standard InChI is InChI=1S/2CH4.2H3P/h2*1H4;2*1H3. The summed E-state index contributed by atoms with van der Waals surface area (Å²) in [5.74, 6) is 0. The van der Waals surface area contributed by atoms with Gasteiger partial charge in [0, 0.05) is 0 Å². The Kier molecular flexibility index (Phi) is 1040. The topological polar surface area (TPSA) is 0 Å². The van der Waals surface area contributed by atoms with E-state index in [4.69, 9.17) is 0 Å². The van der Waals surface area contributed by atoms with Crippen LogP contribution in [0.15, 0.2) is 0 Å². The van der Waals surface area contributed by atoms with Crippen LogP contribution >= 0.6 is 19.8 Å². The van der Waals surface area contributed by atoms with Crippen molar-refractivity contribution in [3.63, 3.8) is 0 Å². The summed E-state index contributed by atoms with van der Waals surface area (Å²) >= 11 is 0. The summed E-state index contributed by atoms with van der Waals surface area (Å²) in [6.07, 6.45) is 0. The van der Waals surface area contributed by atoms with E-state index in [0.717, 1.165) is 0 Å². The van der Waals surface area contributed by atoms with E-state index >= 15 is 0 Å². The van der Waals surface area contributed by atoms with Gasteiger partial charge in [-0.15, -0.1) is 0 Å². The van der Waals surface area contributed by atoms with Gasteiger partial charge in [0.25, 0.3) is 0 Å². The molecule has 0 bridgehead atoms. The van der Waals surface area contributed by atoms with E-state index in [9.17, 15) is 0 Å². The van der Waals surface area contributed by atoms with Crippen LogP contribution in [0.25, 0.3) is 0 Å². The second kappa shape index (κ2) is 42.7. The monoisotopic (exact) mass is 100 g/mol. The number of rotatable bonds is 0. The summed E-state index contributed by atoms with van der Waals surface area (Å²) in [4.78, 5) is 0. The zero-order valence-corrected chi connectivity index (χ0v) is 4.24. The van der Waals surface area contributed by atoms with Crippen molar-refractivity contribution in [2.24, 2.45) is 0 Å².